The molecule has 1 N–H and O–H groups in total. The van der Waals surface area contributed by atoms with Crippen molar-refractivity contribution in [1.29, 1.82) is 5.26 Å². The van der Waals surface area contributed by atoms with Crippen molar-refractivity contribution in [3.8, 4) is 11.8 Å². The van der Waals surface area contributed by atoms with E-state index in [1.54, 1.807) is 6.07 Å². The van der Waals surface area contributed by atoms with E-state index >= 15 is 0 Å². The predicted molar refractivity (Wildman–Crippen MR) is 183 cm³/mol. The van der Waals surface area contributed by atoms with Gasteiger partial charge in [0.05, 0.1) is 22.1 Å². The Morgan fingerprint density at radius 3 is 1.82 bits per heavy atom. The zero-order chi connectivity index (χ0) is 30.5. The highest BCUT2D eigenvalue weighted by Crippen LogP contribution is 2.38. The molecule has 2 heterocycles. The molecule has 0 saturated heterocycles. The monoisotopic (exact) mass is 581 g/mol. The van der Waals surface area contributed by atoms with Gasteiger partial charge >= 0.3 is 5.97 Å². The highest BCUT2D eigenvalue weighted by Gasteiger charge is 2.18. The van der Waals surface area contributed by atoms with E-state index in [0.29, 0.717) is 5.56 Å². The lowest BCUT2D eigenvalue weighted by molar-refractivity contribution is -0.132. The molecule has 7 aromatic rings. The lowest BCUT2D eigenvalue weighted by Gasteiger charge is -2.18. The predicted octanol–water partition coefficient (Wildman–Crippen LogP) is 9.60. The number of nitrogens with zero attached hydrogens (tertiary/aromatic N) is 3. The Labute approximate surface area is 259 Å². The lowest BCUT2D eigenvalue weighted by Crippen LogP contribution is -2.01. The number of carboxylic acids is 1. The maximum Gasteiger partial charge on any atom is 0.346 e. The van der Waals surface area contributed by atoms with Crippen LogP contribution in [0.2, 0.25) is 0 Å². The molecule has 45 heavy (non-hydrogen) atoms. The number of carboxylic acid groups (broad SMARTS) is 1. The molecule has 5 nitrogen and oxygen atoms in total. The second kappa shape index (κ2) is 10.6. The fourth-order valence-corrected chi connectivity index (χ4v) is 6.78. The van der Waals surface area contributed by atoms with Gasteiger partial charge in [-0.05, 0) is 84.2 Å². The summed E-state index contributed by atoms with van der Waals surface area (Å²) in [6.45, 7) is 0. The first-order chi connectivity index (χ1) is 22.1. The Morgan fingerprint density at radius 1 is 0.667 bits per heavy atom. The van der Waals surface area contributed by atoms with E-state index < -0.39 is 5.97 Å². The van der Waals surface area contributed by atoms with E-state index in [2.05, 4.69) is 106 Å². The summed E-state index contributed by atoms with van der Waals surface area (Å²) in [5.74, 6) is -1.23. The van der Waals surface area contributed by atoms with Crippen LogP contribution in [0.1, 0.15) is 24.0 Å². The van der Waals surface area contributed by atoms with Crippen LogP contribution in [0.3, 0.4) is 0 Å². The molecule has 0 unspecified atom stereocenters. The molecule has 1 aliphatic rings. The van der Waals surface area contributed by atoms with E-state index in [0.717, 1.165) is 40.3 Å². The van der Waals surface area contributed by atoms with E-state index in [9.17, 15) is 15.2 Å². The number of para-hydroxylation sites is 3. The average Bonchev–Trinajstić information content (AvgIpc) is 3.60. The fraction of sp³-hybridized carbons (Fsp3) is 0.0500. The Hall–Kier alpha value is -6.12. The van der Waals surface area contributed by atoms with Crippen molar-refractivity contribution in [2.45, 2.75) is 12.8 Å². The first kappa shape index (κ1) is 26.5. The first-order valence-electron chi connectivity index (χ1n) is 15.0. The average molecular weight is 582 g/mol. The third-order valence-electron chi connectivity index (χ3n) is 8.85. The molecule has 0 spiro atoms. The largest absolute Gasteiger partial charge is 0.477 e. The van der Waals surface area contributed by atoms with Gasteiger partial charge < -0.3 is 14.2 Å². The Balaban J connectivity index is 1.16. The summed E-state index contributed by atoms with van der Waals surface area (Å²) in [5, 5.41) is 23.2. The number of aliphatic carboxylic acids is 1. The van der Waals surface area contributed by atoms with E-state index in [1.807, 2.05) is 30.3 Å². The smallest absolute Gasteiger partial charge is 0.346 e. The second-order valence-corrected chi connectivity index (χ2v) is 11.4. The highest BCUT2D eigenvalue weighted by molar-refractivity contribution is 6.11. The minimum absolute atomic E-state index is 0.283. The molecule has 214 valence electrons. The Morgan fingerprint density at radius 2 is 1.24 bits per heavy atom. The lowest BCUT2D eigenvalue weighted by atomic mass is 9.95. The van der Waals surface area contributed by atoms with Crippen LogP contribution in [-0.2, 0) is 4.79 Å². The van der Waals surface area contributed by atoms with Gasteiger partial charge in [-0.25, -0.2) is 4.79 Å². The van der Waals surface area contributed by atoms with Crippen LogP contribution in [0.25, 0.3) is 66.6 Å². The van der Waals surface area contributed by atoms with Gasteiger partial charge in [0.25, 0.3) is 0 Å². The number of nitriles is 1. The van der Waals surface area contributed by atoms with Crippen LogP contribution < -0.4 is 0 Å². The summed E-state index contributed by atoms with van der Waals surface area (Å²) >= 11 is 0. The number of aromatic nitrogens is 2. The molecule has 5 aromatic carbocycles. The maximum absolute atomic E-state index is 11.4. The SMILES string of the molecule is N#C/C(=C\c1ccc2c(c1)c1ccccc1n2C1=CC=C(c2ccc(-n3c4ccccc4c4ccccc43)cc2)CC1)C(=O)O. The molecule has 1 aliphatic carbocycles. The van der Waals surface area contributed by atoms with Crippen molar-refractivity contribution < 1.29 is 9.90 Å². The van der Waals surface area contributed by atoms with Crippen LogP contribution in [0, 0.1) is 11.3 Å². The molecule has 0 amide bonds. The normalized spacial score (nSPS) is 13.7. The van der Waals surface area contributed by atoms with E-state index in [-0.39, 0.29) is 5.57 Å². The molecular formula is C40H27N3O2. The van der Waals surface area contributed by atoms with Gasteiger partial charge in [0.2, 0.25) is 0 Å². The Bertz CT molecular complexity index is 2410. The summed E-state index contributed by atoms with van der Waals surface area (Å²) in [4.78, 5) is 11.4. The molecular weight excluding hydrogens is 554 g/mol. The van der Waals surface area contributed by atoms with Crippen molar-refractivity contribution in [3.05, 3.63) is 144 Å². The second-order valence-electron chi connectivity index (χ2n) is 11.4. The molecule has 2 aromatic heterocycles. The zero-order valence-corrected chi connectivity index (χ0v) is 24.3. The van der Waals surface area contributed by atoms with E-state index in [4.69, 9.17) is 0 Å². The molecule has 0 fully saturated rings. The van der Waals surface area contributed by atoms with Gasteiger partial charge in [-0.15, -0.1) is 0 Å². The molecule has 0 atom stereocenters. The van der Waals surface area contributed by atoms with Crippen LogP contribution >= 0.6 is 0 Å². The van der Waals surface area contributed by atoms with Gasteiger partial charge in [-0.2, -0.15) is 5.26 Å². The van der Waals surface area contributed by atoms with Crippen molar-refractivity contribution >= 4 is 66.9 Å². The number of hydrogen-bond donors (Lipinski definition) is 1. The highest BCUT2D eigenvalue weighted by atomic mass is 16.4. The summed E-state index contributed by atoms with van der Waals surface area (Å²) in [6, 6.07) is 41.9. The number of allylic oxidation sites excluding steroid dienone is 4. The minimum Gasteiger partial charge on any atom is -0.477 e. The summed E-state index contributed by atoms with van der Waals surface area (Å²) in [5.41, 5.74) is 9.86. The number of benzene rings is 5. The standard InChI is InChI=1S/C40H27N3O2/c41-25-29(40(44)45)23-26-13-22-39-35(24-26)34-9-3-6-12-38(34)43(39)31-20-16-28(17-21-31)27-14-18-30(19-15-27)42-36-10-4-1-7-32(36)33-8-2-5-11-37(33)42/h1-16,18-20,22-24H,17,21H2,(H,44,45)/b29-23+. The molecule has 8 rings (SSSR count). The van der Waals surface area contributed by atoms with Gasteiger partial charge in [0.15, 0.2) is 0 Å². The molecule has 5 heteroatoms. The van der Waals surface area contributed by atoms with Crippen molar-refractivity contribution in [1.82, 2.24) is 9.13 Å². The van der Waals surface area contributed by atoms with Crippen molar-refractivity contribution in [3.63, 3.8) is 0 Å². The summed E-state index contributed by atoms with van der Waals surface area (Å²) in [6.07, 6.45) is 7.68. The topological polar surface area (TPSA) is 71.0 Å². The number of hydrogen-bond acceptors (Lipinski definition) is 2. The molecule has 0 aliphatic heterocycles. The van der Waals surface area contributed by atoms with Crippen LogP contribution in [-0.4, -0.2) is 20.2 Å². The van der Waals surface area contributed by atoms with Gasteiger partial charge in [0, 0.05) is 32.9 Å². The maximum atomic E-state index is 11.4. The van der Waals surface area contributed by atoms with Gasteiger partial charge in [-0.1, -0.05) is 78.9 Å². The Kier molecular flexibility index (Phi) is 6.21. The summed E-state index contributed by atoms with van der Waals surface area (Å²) < 4.78 is 4.65. The fourth-order valence-electron chi connectivity index (χ4n) is 6.78. The third-order valence-corrected chi connectivity index (χ3v) is 8.85. The van der Waals surface area contributed by atoms with Gasteiger partial charge in [0.1, 0.15) is 11.6 Å². The third kappa shape index (κ3) is 4.35. The van der Waals surface area contributed by atoms with Crippen LogP contribution in [0.5, 0.6) is 0 Å². The quantitative estimate of drug-likeness (QED) is 0.163. The number of fused-ring (bicyclic) bond motifs is 6. The summed E-state index contributed by atoms with van der Waals surface area (Å²) in [7, 11) is 0. The first-order valence-corrected chi connectivity index (χ1v) is 15.0. The molecule has 0 bridgehead atoms. The zero-order valence-electron chi connectivity index (χ0n) is 24.3. The van der Waals surface area contributed by atoms with Crippen LogP contribution in [0.4, 0.5) is 0 Å². The molecule has 0 radical (unpaired) electrons. The number of rotatable bonds is 5. The molecule has 0 saturated carbocycles. The number of carbonyl (C=O) groups is 1. The van der Waals surface area contributed by atoms with Crippen molar-refractivity contribution in [2.75, 3.05) is 0 Å². The van der Waals surface area contributed by atoms with Gasteiger partial charge in [-0.3, -0.25) is 0 Å². The van der Waals surface area contributed by atoms with E-state index in [1.165, 1.54) is 44.7 Å². The van der Waals surface area contributed by atoms with Crippen molar-refractivity contribution in [2.24, 2.45) is 0 Å². The minimum atomic E-state index is -1.23. The van der Waals surface area contributed by atoms with Crippen LogP contribution in [0.15, 0.2) is 133 Å².